The molecule has 2 atom stereocenters. The molecule has 1 fully saturated rings. The molecule has 0 aliphatic carbocycles. The van der Waals surface area contributed by atoms with E-state index >= 15 is 0 Å². The Morgan fingerprint density at radius 2 is 1.81 bits per heavy atom. The number of nitrogens with one attached hydrogen (secondary N) is 1. The first-order valence-electron chi connectivity index (χ1n) is 7.82. The van der Waals surface area contributed by atoms with E-state index in [9.17, 15) is 4.57 Å². The summed E-state index contributed by atoms with van der Waals surface area (Å²) in [6.07, 6.45) is 2.38. The normalized spacial score (nSPS) is 23.2. The van der Waals surface area contributed by atoms with E-state index in [1.165, 1.54) is 12.0 Å². The molecule has 1 aromatic rings. The highest BCUT2D eigenvalue weighted by molar-refractivity contribution is 7.62. The molecule has 1 heterocycles. The van der Waals surface area contributed by atoms with E-state index in [-0.39, 0.29) is 0 Å². The highest BCUT2D eigenvalue weighted by Crippen LogP contribution is 2.46. The van der Waals surface area contributed by atoms with E-state index in [1.54, 1.807) is 0 Å². The van der Waals surface area contributed by atoms with Crippen molar-refractivity contribution >= 4 is 12.9 Å². The van der Waals surface area contributed by atoms with E-state index in [4.69, 9.17) is 9.05 Å². The van der Waals surface area contributed by atoms with Crippen LogP contribution in [0.4, 0.5) is 0 Å². The summed E-state index contributed by atoms with van der Waals surface area (Å²) in [5, 5.41) is 4.18. The van der Waals surface area contributed by atoms with E-state index < -0.39 is 7.60 Å². The number of hydrogen-bond donors (Lipinski definition) is 1. The Morgan fingerprint density at radius 3 is 2.33 bits per heavy atom. The molecule has 1 aromatic carbocycles. The van der Waals surface area contributed by atoms with Crippen LogP contribution in [0.5, 0.6) is 0 Å². The SMILES string of the molecule is CCOP(=O)(OCC)c1ccc(C2CC(C)CCN2)cc1. The summed E-state index contributed by atoms with van der Waals surface area (Å²) in [6, 6.07) is 8.22. The van der Waals surface area contributed by atoms with Gasteiger partial charge in [0.2, 0.25) is 0 Å². The van der Waals surface area contributed by atoms with Crippen LogP contribution in [0.1, 0.15) is 45.2 Å². The molecule has 1 aliphatic heterocycles. The van der Waals surface area contributed by atoms with Crippen molar-refractivity contribution < 1.29 is 13.6 Å². The maximum absolute atomic E-state index is 12.7. The lowest BCUT2D eigenvalue weighted by atomic mass is 9.90. The van der Waals surface area contributed by atoms with Crippen molar-refractivity contribution in [2.75, 3.05) is 19.8 Å². The second-order valence-corrected chi connectivity index (χ2v) is 7.59. The molecule has 1 N–H and O–H groups in total. The molecule has 4 nitrogen and oxygen atoms in total. The molecule has 1 saturated heterocycles. The number of rotatable bonds is 6. The molecule has 118 valence electrons. The molecule has 0 radical (unpaired) electrons. The maximum atomic E-state index is 12.7. The third-order valence-electron chi connectivity index (χ3n) is 3.88. The van der Waals surface area contributed by atoms with Gasteiger partial charge in [0, 0.05) is 6.04 Å². The van der Waals surface area contributed by atoms with Gasteiger partial charge in [0.05, 0.1) is 18.5 Å². The lowest BCUT2D eigenvalue weighted by Gasteiger charge is -2.28. The van der Waals surface area contributed by atoms with Gasteiger partial charge in [-0.3, -0.25) is 4.57 Å². The van der Waals surface area contributed by atoms with Crippen LogP contribution in [0, 0.1) is 5.92 Å². The average molecular weight is 311 g/mol. The van der Waals surface area contributed by atoms with Crippen molar-refractivity contribution in [1.29, 1.82) is 0 Å². The molecule has 21 heavy (non-hydrogen) atoms. The Balaban J connectivity index is 2.15. The molecular weight excluding hydrogens is 285 g/mol. The minimum atomic E-state index is -3.16. The van der Waals surface area contributed by atoms with Crippen LogP contribution in [0.15, 0.2) is 24.3 Å². The van der Waals surface area contributed by atoms with Crippen LogP contribution in [0.25, 0.3) is 0 Å². The van der Waals surface area contributed by atoms with Crippen molar-refractivity contribution in [3.8, 4) is 0 Å². The van der Waals surface area contributed by atoms with Gasteiger partial charge in [0.1, 0.15) is 0 Å². The molecule has 5 heteroatoms. The van der Waals surface area contributed by atoms with Crippen LogP contribution >= 0.6 is 7.60 Å². The lowest BCUT2D eigenvalue weighted by molar-refractivity contribution is 0.230. The molecule has 2 unspecified atom stereocenters. The van der Waals surface area contributed by atoms with Crippen LogP contribution in [-0.4, -0.2) is 19.8 Å². The van der Waals surface area contributed by atoms with Gasteiger partial charge in [0.15, 0.2) is 0 Å². The molecule has 0 bridgehead atoms. The maximum Gasteiger partial charge on any atom is 0.361 e. The van der Waals surface area contributed by atoms with Gasteiger partial charge < -0.3 is 14.4 Å². The smallest absolute Gasteiger partial charge is 0.310 e. The third-order valence-corrected chi connectivity index (χ3v) is 6.00. The van der Waals surface area contributed by atoms with E-state index in [1.807, 2.05) is 38.1 Å². The monoisotopic (exact) mass is 311 g/mol. The Hall–Kier alpha value is -0.670. The summed E-state index contributed by atoms with van der Waals surface area (Å²) in [6.45, 7) is 7.76. The Kier molecular flexibility index (Phi) is 6.00. The minimum Gasteiger partial charge on any atom is -0.310 e. The average Bonchev–Trinajstić information content (AvgIpc) is 2.48. The topological polar surface area (TPSA) is 47.6 Å². The zero-order valence-electron chi connectivity index (χ0n) is 13.2. The van der Waals surface area contributed by atoms with Gasteiger partial charge in [0.25, 0.3) is 0 Å². The van der Waals surface area contributed by atoms with Gasteiger partial charge in [-0.15, -0.1) is 0 Å². The van der Waals surface area contributed by atoms with Gasteiger partial charge in [-0.25, -0.2) is 0 Å². The number of benzene rings is 1. The lowest BCUT2D eigenvalue weighted by Crippen LogP contribution is -2.30. The fourth-order valence-electron chi connectivity index (χ4n) is 2.78. The van der Waals surface area contributed by atoms with Crippen molar-refractivity contribution in [2.45, 2.75) is 39.7 Å². The fourth-order valence-corrected chi connectivity index (χ4v) is 4.34. The second-order valence-electron chi connectivity index (χ2n) is 5.56. The first-order chi connectivity index (χ1) is 10.1. The van der Waals surface area contributed by atoms with Crippen LogP contribution in [0.2, 0.25) is 0 Å². The Morgan fingerprint density at radius 1 is 1.19 bits per heavy atom. The Labute approximate surface area is 127 Å². The quantitative estimate of drug-likeness (QED) is 0.815. The van der Waals surface area contributed by atoms with Crippen LogP contribution in [-0.2, 0) is 13.6 Å². The number of piperidine rings is 1. The zero-order valence-corrected chi connectivity index (χ0v) is 14.1. The van der Waals surface area contributed by atoms with Crippen molar-refractivity contribution in [3.63, 3.8) is 0 Å². The standard InChI is InChI=1S/C16H26NO3P/c1-4-19-21(18,20-5-2)15-8-6-14(7-9-15)16-12-13(3)10-11-17-16/h6-9,13,16-17H,4-5,10-12H2,1-3H3. The highest BCUT2D eigenvalue weighted by Gasteiger charge is 2.27. The van der Waals surface area contributed by atoms with Crippen LogP contribution in [0.3, 0.4) is 0 Å². The summed E-state index contributed by atoms with van der Waals surface area (Å²) in [4.78, 5) is 0. The minimum absolute atomic E-state index is 0.376. The first-order valence-corrected chi connectivity index (χ1v) is 9.36. The largest absolute Gasteiger partial charge is 0.361 e. The first kappa shape index (κ1) is 16.7. The zero-order chi connectivity index (χ0) is 15.3. The summed E-state index contributed by atoms with van der Waals surface area (Å²) in [5.41, 5.74) is 1.24. The van der Waals surface area contributed by atoms with Gasteiger partial charge in [-0.2, -0.15) is 0 Å². The predicted molar refractivity (Wildman–Crippen MR) is 86.1 cm³/mol. The summed E-state index contributed by atoms with van der Waals surface area (Å²) in [7, 11) is -3.16. The highest BCUT2D eigenvalue weighted by atomic mass is 31.2. The summed E-state index contributed by atoms with van der Waals surface area (Å²) >= 11 is 0. The van der Waals surface area contributed by atoms with Crippen molar-refractivity contribution in [1.82, 2.24) is 5.32 Å². The van der Waals surface area contributed by atoms with Gasteiger partial charge in [-0.1, -0.05) is 19.1 Å². The summed E-state index contributed by atoms with van der Waals surface area (Å²) in [5.74, 6) is 0.744. The predicted octanol–water partition coefficient (Wildman–Crippen LogP) is 3.64. The number of hydrogen-bond acceptors (Lipinski definition) is 4. The molecule has 0 aromatic heterocycles. The van der Waals surface area contributed by atoms with E-state index in [0.29, 0.717) is 24.6 Å². The Bertz CT molecular complexity index is 479. The molecule has 1 aliphatic rings. The van der Waals surface area contributed by atoms with E-state index in [2.05, 4.69) is 12.2 Å². The second kappa shape index (κ2) is 7.55. The molecule has 2 rings (SSSR count). The molecule has 0 amide bonds. The van der Waals surface area contributed by atoms with Crippen LogP contribution < -0.4 is 10.6 Å². The van der Waals surface area contributed by atoms with Gasteiger partial charge in [-0.05, 0) is 56.8 Å². The fraction of sp³-hybridized carbons (Fsp3) is 0.625. The van der Waals surface area contributed by atoms with Gasteiger partial charge >= 0.3 is 7.60 Å². The van der Waals surface area contributed by atoms with E-state index in [0.717, 1.165) is 18.9 Å². The molecule has 0 spiro atoms. The molecule has 0 saturated carbocycles. The van der Waals surface area contributed by atoms with Crippen molar-refractivity contribution in [3.05, 3.63) is 29.8 Å². The summed E-state index contributed by atoms with van der Waals surface area (Å²) < 4.78 is 23.4. The third kappa shape index (κ3) is 4.17. The molecular formula is C16H26NO3P. The van der Waals surface area contributed by atoms with Crippen molar-refractivity contribution in [2.24, 2.45) is 5.92 Å².